The zero-order valence-corrected chi connectivity index (χ0v) is 11.2. The van der Waals surface area contributed by atoms with Crippen molar-refractivity contribution in [2.24, 2.45) is 0 Å². The molecule has 0 aliphatic carbocycles. The van der Waals surface area contributed by atoms with E-state index in [2.05, 4.69) is 9.97 Å². The third-order valence-corrected chi connectivity index (χ3v) is 2.73. The van der Waals surface area contributed by atoms with Crippen molar-refractivity contribution in [3.05, 3.63) is 57.1 Å². The fraction of sp³-hybridized carbons (Fsp3) is 0.231. The number of nitrogens with zero attached hydrogens (tertiary/aromatic N) is 2. The largest absolute Gasteiger partial charge is 0.241 e. The van der Waals surface area contributed by atoms with Gasteiger partial charge in [0.1, 0.15) is 10.3 Å². The lowest BCUT2D eigenvalue weighted by Crippen LogP contribution is -1.97. The van der Waals surface area contributed by atoms with E-state index in [1.165, 1.54) is 0 Å². The second kappa shape index (κ2) is 5.03. The Bertz CT molecular complexity index is 463. The third kappa shape index (κ3) is 3.42. The van der Waals surface area contributed by atoms with Crippen molar-refractivity contribution in [1.29, 1.82) is 0 Å². The van der Waals surface area contributed by atoms with E-state index in [0.717, 1.165) is 22.5 Å². The minimum atomic E-state index is 0.513. The van der Waals surface area contributed by atoms with Gasteiger partial charge in [-0.25, -0.2) is 9.97 Å². The van der Waals surface area contributed by atoms with Gasteiger partial charge in [-0.05, 0) is 49.2 Å². The molecule has 0 unspecified atom stereocenters. The molecule has 2 heterocycles. The van der Waals surface area contributed by atoms with E-state index in [4.69, 9.17) is 23.2 Å². The normalized spacial score (nSPS) is 10.6. The predicted octanol–water partition coefficient (Wildman–Crippen LogP) is 3.99. The molecule has 0 aliphatic rings. The summed E-state index contributed by atoms with van der Waals surface area (Å²) in [6.07, 6.45) is 0.642. The highest BCUT2D eigenvalue weighted by Gasteiger charge is 2.04. The van der Waals surface area contributed by atoms with Crippen molar-refractivity contribution in [2.75, 3.05) is 0 Å². The highest BCUT2D eigenvalue weighted by molar-refractivity contribution is 6.29. The Morgan fingerprint density at radius 3 is 1.59 bits per heavy atom. The molecule has 0 bridgehead atoms. The minimum absolute atomic E-state index is 0.513. The lowest BCUT2D eigenvalue weighted by atomic mass is 10.1. The first-order valence-corrected chi connectivity index (χ1v) is 6.04. The van der Waals surface area contributed by atoms with Gasteiger partial charge in [-0.3, -0.25) is 0 Å². The molecule has 0 radical (unpaired) electrons. The summed E-state index contributed by atoms with van der Waals surface area (Å²) in [4.78, 5) is 8.54. The van der Waals surface area contributed by atoms with Crippen LogP contribution in [0.3, 0.4) is 0 Å². The number of hydrogen-bond acceptors (Lipinski definition) is 2. The predicted molar refractivity (Wildman–Crippen MR) is 70.8 cm³/mol. The molecule has 0 atom stereocenters. The fourth-order valence-electron chi connectivity index (χ4n) is 1.75. The van der Waals surface area contributed by atoms with Crippen molar-refractivity contribution >= 4 is 23.2 Å². The van der Waals surface area contributed by atoms with Crippen LogP contribution in [0.25, 0.3) is 0 Å². The van der Waals surface area contributed by atoms with Gasteiger partial charge in [-0.2, -0.15) is 0 Å². The average molecular weight is 267 g/mol. The SMILES string of the molecule is Cc1cc(Cl)nc(Cc2cc(C)cc(Cl)n2)c1. The van der Waals surface area contributed by atoms with Crippen molar-refractivity contribution in [3.63, 3.8) is 0 Å². The first-order valence-electron chi connectivity index (χ1n) is 5.29. The van der Waals surface area contributed by atoms with E-state index < -0.39 is 0 Å². The summed E-state index contributed by atoms with van der Waals surface area (Å²) in [5, 5.41) is 1.03. The smallest absolute Gasteiger partial charge is 0.129 e. The zero-order valence-electron chi connectivity index (χ0n) is 9.67. The lowest BCUT2D eigenvalue weighted by Gasteiger charge is -2.04. The maximum Gasteiger partial charge on any atom is 0.129 e. The molecule has 0 amide bonds. The third-order valence-electron chi connectivity index (χ3n) is 2.35. The van der Waals surface area contributed by atoms with Crippen LogP contribution in [0.1, 0.15) is 22.5 Å². The second-order valence-corrected chi connectivity index (χ2v) is 4.87. The average Bonchev–Trinajstić information content (AvgIpc) is 2.13. The Morgan fingerprint density at radius 2 is 1.24 bits per heavy atom. The Kier molecular flexibility index (Phi) is 3.65. The molecule has 2 nitrogen and oxygen atoms in total. The summed E-state index contributed by atoms with van der Waals surface area (Å²) < 4.78 is 0. The molecule has 17 heavy (non-hydrogen) atoms. The van der Waals surface area contributed by atoms with E-state index in [-0.39, 0.29) is 0 Å². The molecule has 0 saturated carbocycles. The molecule has 0 saturated heterocycles. The van der Waals surface area contributed by atoms with Crippen LogP contribution in [0.5, 0.6) is 0 Å². The molecule has 2 aromatic heterocycles. The Balaban J connectivity index is 2.31. The van der Waals surface area contributed by atoms with Crippen LogP contribution in [0.2, 0.25) is 10.3 Å². The monoisotopic (exact) mass is 266 g/mol. The number of rotatable bonds is 2. The van der Waals surface area contributed by atoms with Crippen LogP contribution in [-0.2, 0) is 6.42 Å². The molecule has 4 heteroatoms. The van der Waals surface area contributed by atoms with Gasteiger partial charge in [0, 0.05) is 17.8 Å². The molecular formula is C13H12Cl2N2. The molecule has 2 rings (SSSR count). The first kappa shape index (κ1) is 12.3. The molecule has 0 aromatic carbocycles. The number of pyridine rings is 2. The number of aromatic nitrogens is 2. The summed E-state index contributed by atoms with van der Waals surface area (Å²) in [5.41, 5.74) is 4.01. The van der Waals surface area contributed by atoms with Crippen LogP contribution >= 0.6 is 23.2 Å². The van der Waals surface area contributed by atoms with Crippen molar-refractivity contribution in [1.82, 2.24) is 9.97 Å². The number of halogens is 2. The Morgan fingerprint density at radius 1 is 0.824 bits per heavy atom. The van der Waals surface area contributed by atoms with E-state index >= 15 is 0 Å². The van der Waals surface area contributed by atoms with E-state index in [1.54, 1.807) is 0 Å². The Hall–Kier alpha value is -1.12. The zero-order chi connectivity index (χ0) is 12.4. The van der Waals surface area contributed by atoms with Crippen LogP contribution < -0.4 is 0 Å². The number of aryl methyl sites for hydroxylation is 2. The van der Waals surface area contributed by atoms with Gasteiger partial charge in [0.05, 0.1) is 0 Å². The topological polar surface area (TPSA) is 25.8 Å². The van der Waals surface area contributed by atoms with Gasteiger partial charge in [0.15, 0.2) is 0 Å². The van der Waals surface area contributed by atoms with Gasteiger partial charge < -0.3 is 0 Å². The summed E-state index contributed by atoms with van der Waals surface area (Å²) in [6, 6.07) is 7.68. The van der Waals surface area contributed by atoms with Crippen molar-refractivity contribution < 1.29 is 0 Å². The van der Waals surface area contributed by atoms with Crippen molar-refractivity contribution in [2.45, 2.75) is 20.3 Å². The van der Waals surface area contributed by atoms with Gasteiger partial charge in [0.2, 0.25) is 0 Å². The van der Waals surface area contributed by atoms with Crippen LogP contribution in [0.4, 0.5) is 0 Å². The van der Waals surface area contributed by atoms with E-state index in [1.807, 2.05) is 38.1 Å². The summed E-state index contributed by atoms with van der Waals surface area (Å²) in [5.74, 6) is 0. The van der Waals surface area contributed by atoms with Gasteiger partial charge in [0.25, 0.3) is 0 Å². The standard InChI is InChI=1S/C13H12Cl2N2/c1-8-3-10(16-12(14)5-8)7-11-4-9(2)6-13(15)17-11/h3-6H,7H2,1-2H3. The van der Waals surface area contributed by atoms with Crippen molar-refractivity contribution in [3.8, 4) is 0 Å². The highest BCUT2D eigenvalue weighted by Crippen LogP contribution is 2.15. The van der Waals surface area contributed by atoms with Gasteiger partial charge in [-0.15, -0.1) is 0 Å². The molecule has 88 valence electrons. The maximum absolute atomic E-state index is 5.92. The minimum Gasteiger partial charge on any atom is -0.241 e. The maximum atomic E-state index is 5.92. The fourth-order valence-corrected chi connectivity index (χ4v) is 2.32. The summed E-state index contributed by atoms with van der Waals surface area (Å²) in [6.45, 7) is 3.99. The van der Waals surface area contributed by atoms with Gasteiger partial charge >= 0.3 is 0 Å². The summed E-state index contributed by atoms with van der Waals surface area (Å²) in [7, 11) is 0. The molecule has 2 aromatic rings. The second-order valence-electron chi connectivity index (χ2n) is 4.09. The molecule has 0 aliphatic heterocycles. The highest BCUT2D eigenvalue weighted by atomic mass is 35.5. The molecular weight excluding hydrogens is 255 g/mol. The summed E-state index contributed by atoms with van der Waals surface area (Å²) >= 11 is 11.8. The van der Waals surface area contributed by atoms with Crippen LogP contribution in [0.15, 0.2) is 24.3 Å². The first-order chi connectivity index (χ1) is 8.02. The molecule has 0 spiro atoms. The van der Waals surface area contributed by atoms with Crippen LogP contribution in [0, 0.1) is 13.8 Å². The number of hydrogen-bond donors (Lipinski definition) is 0. The Labute approximate surface area is 111 Å². The van der Waals surface area contributed by atoms with E-state index in [0.29, 0.717) is 16.7 Å². The lowest BCUT2D eigenvalue weighted by molar-refractivity contribution is 1.00. The van der Waals surface area contributed by atoms with Gasteiger partial charge in [-0.1, -0.05) is 23.2 Å². The molecule has 0 fully saturated rings. The van der Waals surface area contributed by atoms with Crippen LogP contribution in [-0.4, -0.2) is 9.97 Å². The quantitative estimate of drug-likeness (QED) is 0.769. The van der Waals surface area contributed by atoms with E-state index in [9.17, 15) is 0 Å². The molecule has 0 N–H and O–H groups in total.